The zero-order valence-electron chi connectivity index (χ0n) is 11.0. The van der Waals surface area contributed by atoms with Crippen LogP contribution < -0.4 is 5.73 Å². The topological polar surface area (TPSA) is 46.3 Å². The predicted molar refractivity (Wildman–Crippen MR) is 79.8 cm³/mol. The van der Waals surface area contributed by atoms with Crippen molar-refractivity contribution in [3.05, 3.63) is 27.7 Å². The van der Waals surface area contributed by atoms with Crippen molar-refractivity contribution in [3.63, 3.8) is 0 Å². The predicted octanol–water partition coefficient (Wildman–Crippen LogP) is 3.84. The average Bonchev–Trinajstić information content (AvgIpc) is 2.43. The van der Waals surface area contributed by atoms with E-state index in [0.29, 0.717) is 27.2 Å². The van der Waals surface area contributed by atoms with Gasteiger partial charge in [0, 0.05) is 18.7 Å². The molecule has 1 atom stereocenters. The second kappa shape index (κ2) is 6.02. The first kappa shape index (κ1) is 14.5. The Balaban J connectivity index is 2.19. The quantitative estimate of drug-likeness (QED) is 0.844. The van der Waals surface area contributed by atoms with Crippen molar-refractivity contribution in [3.8, 4) is 0 Å². The van der Waals surface area contributed by atoms with E-state index in [4.69, 9.17) is 28.9 Å². The van der Waals surface area contributed by atoms with Gasteiger partial charge in [0.2, 0.25) is 0 Å². The minimum absolute atomic E-state index is 0.0121. The van der Waals surface area contributed by atoms with Gasteiger partial charge >= 0.3 is 0 Å². The molecule has 1 aliphatic heterocycles. The lowest BCUT2D eigenvalue weighted by atomic mass is 9.95. The molecule has 0 saturated carbocycles. The van der Waals surface area contributed by atoms with Crippen LogP contribution in [-0.2, 0) is 0 Å². The van der Waals surface area contributed by atoms with Crippen molar-refractivity contribution in [2.45, 2.75) is 26.2 Å². The van der Waals surface area contributed by atoms with E-state index in [0.717, 1.165) is 25.9 Å². The van der Waals surface area contributed by atoms with E-state index in [1.807, 2.05) is 4.90 Å². The first-order valence-corrected chi connectivity index (χ1v) is 7.32. The third-order valence-electron chi connectivity index (χ3n) is 3.71. The first-order chi connectivity index (χ1) is 9.02. The summed E-state index contributed by atoms with van der Waals surface area (Å²) in [4.78, 5) is 14.3. The monoisotopic (exact) mass is 300 g/mol. The van der Waals surface area contributed by atoms with Crippen LogP contribution in [0.3, 0.4) is 0 Å². The molecule has 0 bridgehead atoms. The van der Waals surface area contributed by atoms with Gasteiger partial charge in [0.1, 0.15) is 0 Å². The van der Waals surface area contributed by atoms with Gasteiger partial charge in [-0.2, -0.15) is 0 Å². The lowest BCUT2D eigenvalue weighted by molar-refractivity contribution is 0.0671. The van der Waals surface area contributed by atoms with E-state index in [1.54, 1.807) is 12.1 Å². The van der Waals surface area contributed by atoms with Crippen LogP contribution in [0, 0.1) is 5.92 Å². The summed E-state index contributed by atoms with van der Waals surface area (Å²) in [6.07, 6.45) is 3.36. The molecule has 0 aromatic heterocycles. The minimum atomic E-state index is -0.0121. The molecule has 1 unspecified atom stereocenters. The van der Waals surface area contributed by atoms with Crippen LogP contribution in [0.1, 0.15) is 36.5 Å². The Morgan fingerprint density at radius 1 is 1.42 bits per heavy atom. The van der Waals surface area contributed by atoms with Crippen LogP contribution >= 0.6 is 23.2 Å². The molecule has 1 aromatic rings. The second-order valence-corrected chi connectivity index (χ2v) is 5.84. The number of hydrogen-bond donors (Lipinski definition) is 1. The number of rotatable bonds is 2. The van der Waals surface area contributed by atoms with Crippen molar-refractivity contribution in [1.29, 1.82) is 0 Å². The van der Waals surface area contributed by atoms with Crippen molar-refractivity contribution in [2.75, 3.05) is 18.8 Å². The van der Waals surface area contributed by atoms with E-state index >= 15 is 0 Å². The highest BCUT2D eigenvalue weighted by Crippen LogP contribution is 2.30. The van der Waals surface area contributed by atoms with Gasteiger partial charge in [-0.15, -0.1) is 0 Å². The van der Waals surface area contributed by atoms with E-state index in [-0.39, 0.29) is 5.91 Å². The maximum Gasteiger partial charge on any atom is 0.253 e. The Morgan fingerprint density at radius 2 is 2.05 bits per heavy atom. The molecule has 0 aliphatic carbocycles. The molecule has 2 rings (SSSR count). The number of nitrogen functional groups attached to an aromatic ring is 1. The largest absolute Gasteiger partial charge is 0.396 e. The Hall–Kier alpha value is -0.930. The molecule has 1 aliphatic rings. The van der Waals surface area contributed by atoms with Crippen molar-refractivity contribution in [1.82, 2.24) is 4.90 Å². The summed E-state index contributed by atoms with van der Waals surface area (Å²) in [5.74, 6) is 0.583. The highest BCUT2D eigenvalue weighted by atomic mass is 35.5. The summed E-state index contributed by atoms with van der Waals surface area (Å²) < 4.78 is 0. The lowest BCUT2D eigenvalue weighted by Crippen LogP contribution is -2.39. The Morgan fingerprint density at radius 3 is 2.63 bits per heavy atom. The van der Waals surface area contributed by atoms with E-state index < -0.39 is 0 Å². The van der Waals surface area contributed by atoms with E-state index in [9.17, 15) is 4.79 Å². The fraction of sp³-hybridized carbons (Fsp3) is 0.500. The molecule has 5 heteroatoms. The third kappa shape index (κ3) is 3.15. The molecule has 19 heavy (non-hydrogen) atoms. The van der Waals surface area contributed by atoms with Crippen molar-refractivity contribution in [2.24, 2.45) is 5.92 Å². The number of carbonyl (C=O) groups excluding carboxylic acids is 1. The number of hydrogen-bond acceptors (Lipinski definition) is 2. The SMILES string of the molecule is CCC1CCCN(C(=O)c2cc(Cl)c(N)c(Cl)c2)C1. The van der Waals surface area contributed by atoms with E-state index in [2.05, 4.69) is 6.92 Å². The van der Waals surface area contributed by atoms with Crippen LogP contribution in [0.25, 0.3) is 0 Å². The van der Waals surface area contributed by atoms with Gasteiger partial charge in [-0.05, 0) is 30.9 Å². The number of amides is 1. The van der Waals surface area contributed by atoms with Gasteiger partial charge < -0.3 is 10.6 Å². The molecule has 0 spiro atoms. The van der Waals surface area contributed by atoms with Gasteiger partial charge in [0.15, 0.2) is 0 Å². The number of benzene rings is 1. The zero-order chi connectivity index (χ0) is 14.0. The summed E-state index contributed by atoms with van der Waals surface area (Å²) >= 11 is 12.0. The third-order valence-corrected chi connectivity index (χ3v) is 4.33. The number of piperidine rings is 1. The summed E-state index contributed by atoms with van der Waals surface area (Å²) in [5, 5.41) is 0.666. The summed E-state index contributed by atoms with van der Waals surface area (Å²) in [6.45, 7) is 3.78. The number of nitrogens with two attached hydrogens (primary N) is 1. The van der Waals surface area contributed by atoms with Gasteiger partial charge in [-0.1, -0.05) is 36.5 Å². The fourth-order valence-electron chi connectivity index (χ4n) is 2.47. The Labute approximate surface area is 123 Å². The number of carbonyl (C=O) groups is 1. The minimum Gasteiger partial charge on any atom is -0.396 e. The van der Waals surface area contributed by atoms with Crippen LogP contribution in [0.5, 0.6) is 0 Å². The maximum absolute atomic E-state index is 12.4. The molecule has 3 nitrogen and oxygen atoms in total. The van der Waals surface area contributed by atoms with Crippen LogP contribution in [0.2, 0.25) is 10.0 Å². The Bertz CT molecular complexity index is 467. The standard InChI is InChI=1S/C14H18Cl2N2O/c1-2-9-4-3-5-18(8-9)14(19)10-6-11(15)13(17)12(16)7-10/h6-7,9H,2-5,8,17H2,1H3. The van der Waals surface area contributed by atoms with Gasteiger partial charge in [0.25, 0.3) is 5.91 Å². The van der Waals surface area contributed by atoms with Crippen LogP contribution in [0.4, 0.5) is 5.69 Å². The molecule has 1 fully saturated rings. The molecule has 2 N–H and O–H groups in total. The smallest absolute Gasteiger partial charge is 0.253 e. The van der Waals surface area contributed by atoms with Gasteiger partial charge in [-0.3, -0.25) is 4.79 Å². The molecular formula is C14H18Cl2N2O. The molecule has 1 heterocycles. The normalized spacial score (nSPS) is 19.5. The summed E-state index contributed by atoms with van der Waals surface area (Å²) in [7, 11) is 0. The number of likely N-dealkylation sites (tertiary alicyclic amines) is 1. The highest BCUT2D eigenvalue weighted by Gasteiger charge is 2.24. The first-order valence-electron chi connectivity index (χ1n) is 6.56. The van der Waals surface area contributed by atoms with Crippen LogP contribution in [-0.4, -0.2) is 23.9 Å². The van der Waals surface area contributed by atoms with Gasteiger partial charge in [-0.25, -0.2) is 0 Å². The number of anilines is 1. The van der Waals surface area contributed by atoms with Crippen molar-refractivity contribution < 1.29 is 4.79 Å². The molecule has 1 amide bonds. The number of halogens is 2. The average molecular weight is 301 g/mol. The highest BCUT2D eigenvalue weighted by molar-refractivity contribution is 6.39. The van der Waals surface area contributed by atoms with Crippen LogP contribution in [0.15, 0.2) is 12.1 Å². The van der Waals surface area contributed by atoms with E-state index in [1.165, 1.54) is 6.42 Å². The summed E-state index contributed by atoms with van der Waals surface area (Å²) in [6, 6.07) is 3.20. The second-order valence-electron chi connectivity index (χ2n) is 5.02. The number of nitrogens with zero attached hydrogens (tertiary/aromatic N) is 1. The zero-order valence-corrected chi connectivity index (χ0v) is 12.5. The molecule has 0 radical (unpaired) electrons. The van der Waals surface area contributed by atoms with Gasteiger partial charge in [0.05, 0.1) is 15.7 Å². The molecule has 1 aromatic carbocycles. The molecule has 104 valence electrons. The molecular weight excluding hydrogens is 283 g/mol. The molecule has 1 saturated heterocycles. The fourth-order valence-corrected chi connectivity index (χ4v) is 2.96. The summed E-state index contributed by atoms with van der Waals surface area (Å²) in [5.41, 5.74) is 6.52. The maximum atomic E-state index is 12.4. The Kier molecular flexibility index (Phi) is 4.58. The van der Waals surface area contributed by atoms with Crippen molar-refractivity contribution >= 4 is 34.8 Å². The lowest BCUT2D eigenvalue weighted by Gasteiger charge is -2.32.